The maximum Gasteiger partial charge on any atom is 0.0469 e. The Kier molecular flexibility index (Phi) is 4.41. The Morgan fingerprint density at radius 2 is 1.73 bits per heavy atom. The summed E-state index contributed by atoms with van der Waals surface area (Å²) in [4.78, 5) is 0. The first-order valence-electron chi connectivity index (χ1n) is 5.56. The van der Waals surface area contributed by atoms with Crippen LogP contribution in [0.1, 0.15) is 27.7 Å². The number of hydrogen-bond acceptors (Lipinski definition) is 1. The molecule has 1 nitrogen and oxygen atoms in total. The third kappa shape index (κ3) is 4.20. The van der Waals surface area contributed by atoms with Gasteiger partial charge in [0.05, 0.1) is 0 Å². The monoisotopic (exact) mass is 203 g/mol. The van der Waals surface area contributed by atoms with Crippen LogP contribution in [0.5, 0.6) is 0 Å². The topological polar surface area (TPSA) is 12.0 Å². The minimum Gasteiger partial charge on any atom is -0.379 e. The SMILES string of the molecule is CC(C)=CC(Nc1ccccc1)C(C)C. The lowest BCUT2D eigenvalue weighted by Gasteiger charge is -2.20. The van der Waals surface area contributed by atoms with Gasteiger partial charge < -0.3 is 5.32 Å². The van der Waals surface area contributed by atoms with Gasteiger partial charge in [0.1, 0.15) is 0 Å². The lowest BCUT2D eigenvalue weighted by atomic mass is 10.0. The molecule has 1 atom stereocenters. The van der Waals surface area contributed by atoms with Crippen LogP contribution in [0, 0.1) is 5.92 Å². The van der Waals surface area contributed by atoms with Gasteiger partial charge in [-0.3, -0.25) is 0 Å². The molecule has 0 bridgehead atoms. The fourth-order valence-electron chi connectivity index (χ4n) is 1.49. The number of anilines is 1. The predicted octanol–water partition coefficient (Wildman–Crippen LogP) is 4.09. The van der Waals surface area contributed by atoms with E-state index >= 15 is 0 Å². The summed E-state index contributed by atoms with van der Waals surface area (Å²) in [5.74, 6) is 0.597. The highest BCUT2D eigenvalue weighted by molar-refractivity contribution is 5.44. The van der Waals surface area contributed by atoms with Gasteiger partial charge in [-0.2, -0.15) is 0 Å². The fraction of sp³-hybridized carbons (Fsp3) is 0.429. The van der Waals surface area contributed by atoms with Crippen LogP contribution in [0.4, 0.5) is 5.69 Å². The zero-order chi connectivity index (χ0) is 11.3. The number of hydrogen-bond donors (Lipinski definition) is 1. The normalized spacial score (nSPS) is 12.3. The molecule has 1 heteroatoms. The molecule has 0 spiro atoms. The van der Waals surface area contributed by atoms with E-state index in [0.717, 1.165) is 0 Å². The molecule has 0 saturated carbocycles. The van der Waals surface area contributed by atoms with Crippen molar-refractivity contribution in [2.75, 3.05) is 5.32 Å². The Balaban J connectivity index is 2.72. The highest BCUT2D eigenvalue weighted by Gasteiger charge is 2.09. The van der Waals surface area contributed by atoms with Crippen molar-refractivity contribution in [1.82, 2.24) is 0 Å². The Bertz CT molecular complexity index is 307. The number of nitrogens with one attached hydrogen (secondary N) is 1. The minimum atomic E-state index is 0.414. The standard InChI is InChI=1S/C14H21N/c1-11(2)10-14(12(3)4)15-13-8-6-5-7-9-13/h5-10,12,14-15H,1-4H3. The van der Waals surface area contributed by atoms with Gasteiger partial charge in [0, 0.05) is 11.7 Å². The van der Waals surface area contributed by atoms with Gasteiger partial charge in [-0.1, -0.05) is 43.7 Å². The molecule has 0 radical (unpaired) electrons. The van der Waals surface area contributed by atoms with Crippen LogP contribution in [-0.4, -0.2) is 6.04 Å². The van der Waals surface area contributed by atoms with Crippen LogP contribution < -0.4 is 5.32 Å². The van der Waals surface area contributed by atoms with Crippen molar-refractivity contribution < 1.29 is 0 Å². The third-order valence-electron chi connectivity index (χ3n) is 2.34. The van der Waals surface area contributed by atoms with Crippen molar-refractivity contribution in [2.24, 2.45) is 5.92 Å². The van der Waals surface area contributed by atoms with Gasteiger partial charge in [-0.15, -0.1) is 0 Å². The average Bonchev–Trinajstić information content (AvgIpc) is 2.17. The number of benzene rings is 1. The van der Waals surface area contributed by atoms with Crippen LogP contribution >= 0.6 is 0 Å². The molecule has 0 aliphatic carbocycles. The highest BCUT2D eigenvalue weighted by atomic mass is 14.9. The Labute approximate surface area is 93.2 Å². The molecule has 0 heterocycles. The van der Waals surface area contributed by atoms with E-state index in [0.29, 0.717) is 12.0 Å². The van der Waals surface area contributed by atoms with Crippen LogP contribution in [0.25, 0.3) is 0 Å². The predicted molar refractivity (Wildman–Crippen MR) is 68.1 cm³/mol. The summed E-state index contributed by atoms with van der Waals surface area (Å²) < 4.78 is 0. The molecule has 0 saturated heterocycles. The molecular formula is C14H21N. The first-order chi connectivity index (χ1) is 7.09. The summed E-state index contributed by atoms with van der Waals surface area (Å²) in [7, 11) is 0. The fourth-order valence-corrected chi connectivity index (χ4v) is 1.49. The molecule has 0 aliphatic rings. The molecular weight excluding hydrogens is 182 g/mol. The van der Waals surface area contributed by atoms with Crippen LogP contribution in [0.2, 0.25) is 0 Å². The van der Waals surface area contributed by atoms with E-state index in [1.807, 2.05) is 6.07 Å². The molecule has 1 aromatic rings. The largest absolute Gasteiger partial charge is 0.379 e. The average molecular weight is 203 g/mol. The van der Waals surface area contributed by atoms with Crippen molar-refractivity contribution in [2.45, 2.75) is 33.7 Å². The number of para-hydroxylation sites is 1. The van der Waals surface area contributed by atoms with Crippen LogP contribution in [0.15, 0.2) is 42.0 Å². The lowest BCUT2D eigenvalue weighted by Crippen LogP contribution is -2.23. The van der Waals surface area contributed by atoms with Gasteiger partial charge in [0.25, 0.3) is 0 Å². The molecule has 0 amide bonds. The zero-order valence-electron chi connectivity index (χ0n) is 10.1. The molecule has 82 valence electrons. The third-order valence-corrected chi connectivity index (χ3v) is 2.34. The second kappa shape index (κ2) is 5.59. The van der Waals surface area contributed by atoms with E-state index in [9.17, 15) is 0 Å². The van der Waals surface area contributed by atoms with Crippen molar-refractivity contribution in [3.05, 3.63) is 42.0 Å². The molecule has 1 rings (SSSR count). The van der Waals surface area contributed by atoms with Crippen molar-refractivity contribution in [3.63, 3.8) is 0 Å². The minimum absolute atomic E-state index is 0.414. The van der Waals surface area contributed by atoms with Crippen molar-refractivity contribution in [1.29, 1.82) is 0 Å². The first kappa shape index (κ1) is 11.8. The number of rotatable bonds is 4. The Hall–Kier alpha value is -1.24. The van der Waals surface area contributed by atoms with Gasteiger partial charge in [0.2, 0.25) is 0 Å². The molecule has 0 fully saturated rings. The summed E-state index contributed by atoms with van der Waals surface area (Å²) in [5.41, 5.74) is 2.55. The van der Waals surface area contributed by atoms with Crippen molar-refractivity contribution >= 4 is 5.69 Å². The second-order valence-electron chi connectivity index (χ2n) is 4.52. The Morgan fingerprint density at radius 3 is 2.20 bits per heavy atom. The van der Waals surface area contributed by atoms with E-state index in [1.54, 1.807) is 0 Å². The maximum absolute atomic E-state index is 3.53. The zero-order valence-corrected chi connectivity index (χ0v) is 10.1. The van der Waals surface area contributed by atoms with Crippen LogP contribution in [-0.2, 0) is 0 Å². The van der Waals surface area contributed by atoms with Gasteiger partial charge >= 0.3 is 0 Å². The molecule has 1 N–H and O–H groups in total. The van der Waals surface area contributed by atoms with E-state index in [1.165, 1.54) is 11.3 Å². The number of allylic oxidation sites excluding steroid dienone is 1. The summed E-state index contributed by atoms with van der Waals surface area (Å²) in [6.45, 7) is 8.75. The molecule has 1 unspecified atom stereocenters. The Morgan fingerprint density at radius 1 is 1.13 bits per heavy atom. The van der Waals surface area contributed by atoms with E-state index in [-0.39, 0.29) is 0 Å². The quantitative estimate of drug-likeness (QED) is 0.727. The van der Waals surface area contributed by atoms with E-state index in [4.69, 9.17) is 0 Å². The molecule has 0 aromatic heterocycles. The summed E-state index contributed by atoms with van der Waals surface area (Å²) in [5, 5.41) is 3.53. The van der Waals surface area contributed by atoms with Gasteiger partial charge in [0.15, 0.2) is 0 Å². The molecule has 15 heavy (non-hydrogen) atoms. The second-order valence-corrected chi connectivity index (χ2v) is 4.52. The first-order valence-corrected chi connectivity index (χ1v) is 5.56. The summed E-state index contributed by atoms with van der Waals surface area (Å²) >= 11 is 0. The maximum atomic E-state index is 3.53. The van der Waals surface area contributed by atoms with E-state index in [2.05, 4.69) is 63.4 Å². The van der Waals surface area contributed by atoms with Crippen LogP contribution in [0.3, 0.4) is 0 Å². The summed E-state index contributed by atoms with van der Waals surface area (Å²) in [6.07, 6.45) is 2.29. The van der Waals surface area contributed by atoms with Gasteiger partial charge in [-0.05, 0) is 31.9 Å². The molecule has 1 aromatic carbocycles. The molecule has 0 aliphatic heterocycles. The summed E-state index contributed by atoms with van der Waals surface area (Å²) in [6, 6.07) is 10.8. The highest BCUT2D eigenvalue weighted by Crippen LogP contribution is 2.14. The smallest absolute Gasteiger partial charge is 0.0469 e. The van der Waals surface area contributed by atoms with Gasteiger partial charge in [-0.25, -0.2) is 0 Å². The van der Waals surface area contributed by atoms with Crippen molar-refractivity contribution in [3.8, 4) is 0 Å². The lowest BCUT2D eigenvalue weighted by molar-refractivity contribution is 0.598. The van der Waals surface area contributed by atoms with E-state index < -0.39 is 0 Å².